The molecule has 2 aromatic heterocycles. The number of nitrogens with one attached hydrogen (secondary N) is 1. The summed E-state index contributed by atoms with van der Waals surface area (Å²) >= 11 is 0. The van der Waals surface area contributed by atoms with Gasteiger partial charge in [-0.3, -0.25) is 14.8 Å². The lowest BCUT2D eigenvalue weighted by Gasteiger charge is -2.34. The molecule has 2 aliphatic rings. The Kier molecular flexibility index (Phi) is 6.59. The summed E-state index contributed by atoms with van der Waals surface area (Å²) in [5, 5.41) is 13.0. The molecule has 1 atom stereocenters. The highest BCUT2D eigenvalue weighted by Gasteiger charge is 2.46. The summed E-state index contributed by atoms with van der Waals surface area (Å²) in [6, 6.07) is 7.74. The van der Waals surface area contributed by atoms with Gasteiger partial charge in [-0.2, -0.15) is 13.2 Å². The fourth-order valence-corrected chi connectivity index (χ4v) is 5.20. The Bertz CT molecular complexity index is 1240. The summed E-state index contributed by atoms with van der Waals surface area (Å²) in [6.07, 6.45) is 2.18. The molecule has 3 aromatic rings. The largest absolute Gasteiger partial charge is 0.413 e. The van der Waals surface area contributed by atoms with Crippen molar-refractivity contribution in [3.8, 4) is 0 Å². The van der Waals surface area contributed by atoms with Crippen LogP contribution in [0, 0.1) is 5.92 Å². The van der Waals surface area contributed by atoms with E-state index in [1.54, 1.807) is 24.5 Å². The predicted octanol–water partition coefficient (Wildman–Crippen LogP) is 5.86. The number of amides is 1. The Morgan fingerprint density at radius 1 is 1.06 bits per heavy atom. The molecule has 0 aliphatic heterocycles. The maximum atomic E-state index is 14.1. The van der Waals surface area contributed by atoms with Crippen molar-refractivity contribution in [2.75, 3.05) is 12.4 Å². The number of nitrogens with zero attached hydrogens (tertiary/aromatic N) is 3. The van der Waals surface area contributed by atoms with E-state index in [9.17, 15) is 23.1 Å². The smallest absolute Gasteiger partial charge is 0.393 e. The van der Waals surface area contributed by atoms with Crippen molar-refractivity contribution < 1.29 is 23.1 Å². The van der Waals surface area contributed by atoms with Crippen LogP contribution in [0.4, 0.5) is 24.5 Å². The van der Waals surface area contributed by atoms with Crippen molar-refractivity contribution >= 4 is 28.3 Å². The average molecular weight is 499 g/mol. The zero-order chi connectivity index (χ0) is 25.4. The maximum Gasteiger partial charge on any atom is 0.413 e. The van der Waals surface area contributed by atoms with Crippen LogP contribution in [0.2, 0.25) is 0 Å². The molecule has 0 saturated heterocycles. The normalized spacial score (nSPS) is 21.2. The number of hydrogen-bond acceptors (Lipinski definition) is 5. The number of rotatable bonds is 6. The van der Waals surface area contributed by atoms with Gasteiger partial charge in [-0.1, -0.05) is 12.1 Å². The molecule has 36 heavy (non-hydrogen) atoms. The van der Waals surface area contributed by atoms with Crippen LogP contribution >= 0.6 is 0 Å². The first-order valence-electron chi connectivity index (χ1n) is 12.3. The number of halogens is 3. The SMILES string of the molecule is CN(C(=O)C1CCC(O)CC1)[C@H](c1ccc(Nc2cnc3cccnc3c2C2CC2)cc1)C(F)(F)F. The number of aliphatic hydroxyl groups excluding tert-OH is 1. The van der Waals surface area contributed by atoms with Crippen LogP contribution < -0.4 is 5.32 Å². The van der Waals surface area contributed by atoms with Crippen LogP contribution in [0.15, 0.2) is 48.8 Å². The Morgan fingerprint density at radius 2 is 1.75 bits per heavy atom. The molecule has 1 aromatic carbocycles. The monoisotopic (exact) mass is 498 g/mol. The molecule has 2 heterocycles. The van der Waals surface area contributed by atoms with Gasteiger partial charge < -0.3 is 15.3 Å². The highest BCUT2D eigenvalue weighted by atomic mass is 19.4. The summed E-state index contributed by atoms with van der Waals surface area (Å²) in [5.74, 6) is -0.642. The number of aliphatic hydroxyl groups is 1. The van der Waals surface area contributed by atoms with E-state index in [1.807, 2.05) is 12.1 Å². The fourth-order valence-electron chi connectivity index (χ4n) is 5.20. The molecular weight excluding hydrogens is 469 g/mol. The summed E-state index contributed by atoms with van der Waals surface area (Å²) in [7, 11) is 1.22. The van der Waals surface area contributed by atoms with E-state index in [-0.39, 0.29) is 5.56 Å². The third-order valence-electron chi connectivity index (χ3n) is 7.25. The number of pyridine rings is 2. The first kappa shape index (κ1) is 24.5. The van der Waals surface area contributed by atoms with Gasteiger partial charge in [0, 0.05) is 30.4 Å². The Hall–Kier alpha value is -3.20. The van der Waals surface area contributed by atoms with E-state index in [4.69, 9.17) is 0 Å². The molecule has 5 rings (SSSR count). The quantitative estimate of drug-likeness (QED) is 0.445. The van der Waals surface area contributed by atoms with E-state index >= 15 is 0 Å². The number of carbonyl (C=O) groups is 1. The predicted molar refractivity (Wildman–Crippen MR) is 131 cm³/mol. The molecule has 0 radical (unpaired) electrons. The fraction of sp³-hybridized carbons (Fsp3) is 0.444. The lowest BCUT2D eigenvalue weighted by Crippen LogP contribution is -2.43. The van der Waals surface area contributed by atoms with Crippen LogP contribution in [0.3, 0.4) is 0 Å². The van der Waals surface area contributed by atoms with Crippen LogP contribution in [0.1, 0.15) is 61.6 Å². The molecule has 0 spiro atoms. The Labute approximate surface area is 207 Å². The van der Waals surface area contributed by atoms with Crippen LogP contribution in [0.25, 0.3) is 11.0 Å². The number of carbonyl (C=O) groups excluding carboxylic acids is 1. The van der Waals surface area contributed by atoms with Crippen molar-refractivity contribution in [1.29, 1.82) is 0 Å². The highest BCUT2D eigenvalue weighted by molar-refractivity contribution is 5.85. The molecule has 9 heteroatoms. The molecule has 1 amide bonds. The molecule has 190 valence electrons. The summed E-state index contributed by atoms with van der Waals surface area (Å²) in [6.45, 7) is 0. The molecule has 2 fully saturated rings. The van der Waals surface area contributed by atoms with Crippen LogP contribution in [-0.4, -0.2) is 45.2 Å². The third-order valence-corrected chi connectivity index (χ3v) is 7.25. The minimum atomic E-state index is -4.62. The van der Waals surface area contributed by atoms with E-state index in [0.29, 0.717) is 37.3 Å². The van der Waals surface area contributed by atoms with Crippen LogP contribution in [-0.2, 0) is 4.79 Å². The van der Waals surface area contributed by atoms with Gasteiger partial charge in [0.15, 0.2) is 6.04 Å². The van der Waals surface area contributed by atoms with Crippen LogP contribution in [0.5, 0.6) is 0 Å². The molecule has 6 nitrogen and oxygen atoms in total. The molecule has 2 N–H and O–H groups in total. The lowest BCUT2D eigenvalue weighted by molar-refractivity contribution is -0.191. The van der Waals surface area contributed by atoms with E-state index < -0.39 is 30.1 Å². The van der Waals surface area contributed by atoms with Crippen molar-refractivity contribution in [3.63, 3.8) is 0 Å². The molecule has 0 bridgehead atoms. The van der Waals surface area contributed by atoms with Gasteiger partial charge in [-0.25, -0.2) is 0 Å². The molecular formula is C27H29F3N4O2. The standard InChI is InChI=1S/C27H29F3N4O2/c1-34(26(36)18-8-12-20(35)13-9-18)25(27(28,29)30)17-6-10-19(11-7-17)33-22-15-32-21-3-2-14-31-24(21)23(22)16-4-5-16/h2-3,6-7,10-11,14-16,18,20,25,33,35H,4-5,8-9,12-13H2,1H3/t18?,20?,25-/m1/s1. The number of fused-ring (bicyclic) bond motifs is 1. The lowest BCUT2D eigenvalue weighted by atomic mass is 9.86. The topological polar surface area (TPSA) is 78.4 Å². The van der Waals surface area contributed by atoms with Crippen molar-refractivity contribution in [3.05, 3.63) is 59.9 Å². The third kappa shape index (κ3) is 5.02. The minimum absolute atomic E-state index is 0.000429. The van der Waals surface area contributed by atoms with Gasteiger partial charge >= 0.3 is 6.18 Å². The van der Waals surface area contributed by atoms with Gasteiger partial charge in [0.05, 0.1) is 29.0 Å². The number of aromatic nitrogens is 2. The van der Waals surface area contributed by atoms with E-state index in [1.165, 1.54) is 19.2 Å². The first-order valence-corrected chi connectivity index (χ1v) is 12.3. The van der Waals surface area contributed by atoms with E-state index in [2.05, 4.69) is 15.3 Å². The first-order chi connectivity index (χ1) is 17.2. The van der Waals surface area contributed by atoms with Gasteiger partial charge in [0.25, 0.3) is 0 Å². The molecule has 2 saturated carbocycles. The summed E-state index contributed by atoms with van der Waals surface area (Å²) < 4.78 is 42.4. The van der Waals surface area contributed by atoms with Gasteiger partial charge in [0.2, 0.25) is 5.91 Å². The van der Waals surface area contributed by atoms with Crippen molar-refractivity contribution in [2.45, 2.75) is 62.8 Å². The van der Waals surface area contributed by atoms with Crippen molar-refractivity contribution in [2.24, 2.45) is 5.92 Å². The average Bonchev–Trinajstić information content (AvgIpc) is 3.69. The number of hydrogen-bond donors (Lipinski definition) is 2. The van der Waals surface area contributed by atoms with Gasteiger partial charge in [-0.05, 0) is 74.3 Å². The Balaban J connectivity index is 1.38. The van der Waals surface area contributed by atoms with Gasteiger partial charge in [0.1, 0.15) is 0 Å². The second-order valence-electron chi connectivity index (χ2n) is 9.88. The Morgan fingerprint density at radius 3 is 2.39 bits per heavy atom. The summed E-state index contributed by atoms with van der Waals surface area (Å²) in [5.41, 5.74) is 4.17. The zero-order valence-electron chi connectivity index (χ0n) is 20.0. The minimum Gasteiger partial charge on any atom is -0.393 e. The second-order valence-corrected chi connectivity index (χ2v) is 9.88. The van der Waals surface area contributed by atoms with E-state index in [0.717, 1.165) is 40.0 Å². The van der Waals surface area contributed by atoms with Crippen molar-refractivity contribution in [1.82, 2.24) is 14.9 Å². The zero-order valence-corrected chi connectivity index (χ0v) is 20.0. The second kappa shape index (κ2) is 9.69. The molecule has 2 aliphatic carbocycles. The number of benzene rings is 1. The highest BCUT2D eigenvalue weighted by Crippen LogP contribution is 2.46. The maximum absolute atomic E-state index is 14.1. The summed E-state index contributed by atoms with van der Waals surface area (Å²) in [4.78, 5) is 22.7. The molecule has 0 unspecified atom stereocenters. The van der Waals surface area contributed by atoms with Gasteiger partial charge in [-0.15, -0.1) is 0 Å². The number of anilines is 2. The number of alkyl halides is 3.